The summed E-state index contributed by atoms with van der Waals surface area (Å²) in [5.41, 5.74) is 7.43. The van der Waals surface area contributed by atoms with Crippen LogP contribution >= 0.6 is 0 Å². The third-order valence-corrected chi connectivity index (χ3v) is 5.33. The van der Waals surface area contributed by atoms with E-state index in [0.717, 1.165) is 11.1 Å². The third-order valence-electron chi connectivity index (χ3n) is 5.33. The van der Waals surface area contributed by atoms with Crippen LogP contribution in [0.25, 0.3) is 0 Å². The van der Waals surface area contributed by atoms with Crippen LogP contribution in [-0.4, -0.2) is 18.5 Å². The summed E-state index contributed by atoms with van der Waals surface area (Å²) in [6.07, 6.45) is 0.602. The molecule has 3 aromatic carbocycles. The Labute approximate surface area is 163 Å². The van der Waals surface area contributed by atoms with Gasteiger partial charge in [0.15, 0.2) is 0 Å². The molecule has 0 spiro atoms. The van der Waals surface area contributed by atoms with Crippen LogP contribution < -0.4 is 15.8 Å². The maximum Gasteiger partial charge on any atom is 0.234 e. The van der Waals surface area contributed by atoms with Gasteiger partial charge < -0.3 is 15.8 Å². The van der Waals surface area contributed by atoms with Crippen molar-refractivity contribution in [3.63, 3.8) is 0 Å². The van der Waals surface area contributed by atoms with Crippen molar-refractivity contribution in [2.75, 3.05) is 6.54 Å². The van der Waals surface area contributed by atoms with Gasteiger partial charge in [0, 0.05) is 12.0 Å². The van der Waals surface area contributed by atoms with Gasteiger partial charge in [0.1, 0.15) is 17.3 Å². The van der Waals surface area contributed by atoms with Gasteiger partial charge in [-0.15, -0.1) is 0 Å². The van der Waals surface area contributed by atoms with E-state index < -0.39 is 0 Å². The van der Waals surface area contributed by atoms with E-state index in [0.29, 0.717) is 24.5 Å². The minimum atomic E-state index is -0.365. The van der Waals surface area contributed by atoms with Crippen molar-refractivity contribution in [1.29, 1.82) is 0 Å². The molecule has 2 unspecified atom stereocenters. The smallest absolute Gasteiger partial charge is 0.234 e. The molecule has 0 radical (unpaired) electrons. The van der Waals surface area contributed by atoms with Crippen molar-refractivity contribution in [1.82, 2.24) is 5.32 Å². The number of halogens is 1. The van der Waals surface area contributed by atoms with Gasteiger partial charge in [-0.1, -0.05) is 42.5 Å². The number of hydrogen-bond donors (Lipinski definition) is 2. The Bertz CT molecular complexity index is 958. The van der Waals surface area contributed by atoms with E-state index >= 15 is 0 Å². The average Bonchev–Trinajstić information content (AvgIpc) is 3.18. The summed E-state index contributed by atoms with van der Waals surface area (Å²) in [6, 6.07) is 23.5. The van der Waals surface area contributed by atoms with E-state index in [9.17, 15) is 9.18 Å². The van der Waals surface area contributed by atoms with Crippen molar-refractivity contribution < 1.29 is 13.9 Å². The van der Waals surface area contributed by atoms with E-state index in [1.54, 1.807) is 12.1 Å². The SMILES string of the molecule is NC(=O)C1CC(c2ccccc2)(c2ccc(Oc3ccc(F)cc3)cc2)CN1. The summed E-state index contributed by atoms with van der Waals surface area (Å²) in [5.74, 6) is 0.596. The number of carbonyl (C=O) groups excluding carboxylic acids is 1. The van der Waals surface area contributed by atoms with Gasteiger partial charge in [0.05, 0.1) is 6.04 Å². The van der Waals surface area contributed by atoms with Crippen molar-refractivity contribution in [3.05, 3.63) is 95.8 Å². The molecule has 1 fully saturated rings. The molecule has 142 valence electrons. The zero-order valence-electron chi connectivity index (χ0n) is 15.3. The molecule has 28 heavy (non-hydrogen) atoms. The number of primary amides is 1. The molecule has 0 aliphatic carbocycles. The number of benzene rings is 3. The third kappa shape index (κ3) is 3.49. The fourth-order valence-corrected chi connectivity index (χ4v) is 3.84. The molecule has 0 saturated carbocycles. The second-order valence-electron chi connectivity index (χ2n) is 7.07. The van der Waals surface area contributed by atoms with Gasteiger partial charge in [0.25, 0.3) is 0 Å². The van der Waals surface area contributed by atoms with E-state index in [1.807, 2.05) is 42.5 Å². The first-order valence-electron chi connectivity index (χ1n) is 9.19. The highest BCUT2D eigenvalue weighted by atomic mass is 19.1. The molecule has 3 N–H and O–H groups in total. The molecule has 5 heteroatoms. The number of ether oxygens (including phenoxy) is 1. The lowest BCUT2D eigenvalue weighted by atomic mass is 9.73. The fraction of sp³-hybridized carbons (Fsp3) is 0.174. The lowest BCUT2D eigenvalue weighted by Crippen LogP contribution is -2.36. The summed E-state index contributed by atoms with van der Waals surface area (Å²) in [4.78, 5) is 11.7. The van der Waals surface area contributed by atoms with Crippen molar-refractivity contribution in [3.8, 4) is 11.5 Å². The first-order valence-corrected chi connectivity index (χ1v) is 9.19. The van der Waals surface area contributed by atoms with Gasteiger partial charge >= 0.3 is 0 Å². The number of nitrogens with one attached hydrogen (secondary N) is 1. The van der Waals surface area contributed by atoms with Crippen LogP contribution in [0, 0.1) is 5.82 Å². The molecule has 1 saturated heterocycles. The van der Waals surface area contributed by atoms with Crippen LogP contribution in [0.1, 0.15) is 17.5 Å². The lowest BCUT2D eigenvalue weighted by molar-refractivity contribution is -0.119. The molecular formula is C23H21FN2O2. The Morgan fingerprint density at radius 2 is 1.50 bits per heavy atom. The Kier molecular flexibility index (Phi) is 4.84. The molecule has 1 amide bonds. The molecule has 4 rings (SSSR count). The predicted octanol–water partition coefficient (Wildman–Crippen LogP) is 3.75. The van der Waals surface area contributed by atoms with Gasteiger partial charge in [-0.05, 0) is 53.9 Å². The van der Waals surface area contributed by atoms with Crippen LogP contribution in [0.3, 0.4) is 0 Å². The molecule has 1 heterocycles. The minimum absolute atomic E-state index is 0.301. The molecule has 4 nitrogen and oxygen atoms in total. The zero-order valence-corrected chi connectivity index (χ0v) is 15.3. The van der Waals surface area contributed by atoms with Crippen LogP contribution in [0.5, 0.6) is 11.5 Å². The summed E-state index contributed by atoms with van der Waals surface area (Å²) in [6.45, 7) is 0.628. The average molecular weight is 376 g/mol. The number of amides is 1. The quantitative estimate of drug-likeness (QED) is 0.713. The van der Waals surface area contributed by atoms with E-state index in [1.165, 1.54) is 12.1 Å². The fourth-order valence-electron chi connectivity index (χ4n) is 3.84. The highest BCUT2D eigenvalue weighted by molar-refractivity contribution is 5.81. The standard InChI is InChI=1S/C23H21FN2O2/c24-18-8-12-20(13-9-18)28-19-10-6-17(7-11-19)23(16-4-2-1-3-5-16)14-21(22(25)27)26-15-23/h1-13,21,26H,14-15H2,(H2,25,27). The second kappa shape index (κ2) is 7.44. The van der Waals surface area contributed by atoms with Crippen LogP contribution in [-0.2, 0) is 10.2 Å². The normalized spacial score (nSPS) is 21.4. The highest BCUT2D eigenvalue weighted by Crippen LogP contribution is 2.40. The van der Waals surface area contributed by atoms with Gasteiger partial charge in [-0.3, -0.25) is 4.79 Å². The van der Waals surface area contributed by atoms with Gasteiger partial charge in [-0.25, -0.2) is 4.39 Å². The highest BCUT2D eigenvalue weighted by Gasteiger charge is 2.43. The summed E-state index contributed by atoms with van der Waals surface area (Å²) >= 11 is 0. The number of carbonyl (C=O) groups is 1. The summed E-state index contributed by atoms with van der Waals surface area (Å²) in [5, 5.41) is 3.26. The van der Waals surface area contributed by atoms with Crippen LogP contribution in [0.2, 0.25) is 0 Å². The Morgan fingerprint density at radius 1 is 0.929 bits per heavy atom. The molecular weight excluding hydrogens is 355 g/mol. The summed E-state index contributed by atoms with van der Waals surface area (Å²) in [7, 11) is 0. The topological polar surface area (TPSA) is 64.4 Å². The van der Waals surface area contributed by atoms with Gasteiger partial charge in [0.2, 0.25) is 5.91 Å². The summed E-state index contributed by atoms with van der Waals surface area (Å²) < 4.78 is 18.8. The van der Waals surface area contributed by atoms with E-state index in [2.05, 4.69) is 17.4 Å². The molecule has 2 atom stereocenters. The molecule has 0 aromatic heterocycles. The number of nitrogens with two attached hydrogens (primary N) is 1. The molecule has 1 aliphatic heterocycles. The number of hydrogen-bond acceptors (Lipinski definition) is 3. The van der Waals surface area contributed by atoms with Crippen LogP contribution in [0.15, 0.2) is 78.9 Å². The monoisotopic (exact) mass is 376 g/mol. The number of rotatable bonds is 5. The predicted molar refractivity (Wildman–Crippen MR) is 106 cm³/mol. The maximum absolute atomic E-state index is 13.0. The van der Waals surface area contributed by atoms with Crippen molar-refractivity contribution in [2.45, 2.75) is 17.9 Å². The molecule has 1 aliphatic rings. The van der Waals surface area contributed by atoms with Crippen molar-refractivity contribution >= 4 is 5.91 Å². The van der Waals surface area contributed by atoms with Gasteiger partial charge in [-0.2, -0.15) is 0 Å². The zero-order chi connectivity index (χ0) is 19.6. The van der Waals surface area contributed by atoms with Crippen molar-refractivity contribution in [2.24, 2.45) is 5.73 Å². The Hall–Kier alpha value is -3.18. The molecule has 0 bridgehead atoms. The second-order valence-corrected chi connectivity index (χ2v) is 7.07. The maximum atomic E-state index is 13.0. The first-order chi connectivity index (χ1) is 13.6. The molecule has 3 aromatic rings. The minimum Gasteiger partial charge on any atom is -0.457 e. The first kappa shape index (κ1) is 18.2. The van der Waals surface area contributed by atoms with E-state index in [-0.39, 0.29) is 23.2 Å². The largest absolute Gasteiger partial charge is 0.457 e. The Morgan fingerprint density at radius 3 is 2.07 bits per heavy atom. The lowest BCUT2D eigenvalue weighted by Gasteiger charge is -2.30. The Balaban J connectivity index is 1.64. The van der Waals surface area contributed by atoms with Crippen LogP contribution in [0.4, 0.5) is 4.39 Å². The van der Waals surface area contributed by atoms with E-state index in [4.69, 9.17) is 10.5 Å².